The van der Waals surface area contributed by atoms with Crippen molar-refractivity contribution in [2.24, 2.45) is 5.73 Å². The second-order valence-corrected chi connectivity index (χ2v) is 4.20. The Morgan fingerprint density at radius 2 is 2.12 bits per heavy atom. The van der Waals surface area contributed by atoms with Crippen LogP contribution in [0.1, 0.15) is 5.69 Å². The average Bonchev–Trinajstić information content (AvgIpc) is 2.56. The number of rotatable bonds is 3. The summed E-state index contributed by atoms with van der Waals surface area (Å²) in [6.45, 7) is 3.46. The molecule has 0 amide bonds. The summed E-state index contributed by atoms with van der Waals surface area (Å²) in [7, 11) is 1.65. The van der Waals surface area contributed by atoms with Crippen molar-refractivity contribution in [2.45, 2.75) is 13.5 Å². The van der Waals surface area contributed by atoms with Crippen molar-refractivity contribution in [1.82, 2.24) is 4.57 Å². The molecule has 1 heterocycles. The van der Waals surface area contributed by atoms with Crippen LogP contribution in [0.25, 0.3) is 10.9 Å². The van der Waals surface area contributed by atoms with E-state index in [-0.39, 0.29) is 0 Å². The van der Waals surface area contributed by atoms with Gasteiger partial charge in [-0.2, -0.15) is 0 Å². The molecule has 0 aliphatic carbocycles. The SMILES string of the molecule is COc1cc(Cl)cc2c1cc(C)n2CCN. The van der Waals surface area contributed by atoms with Crippen LogP contribution in [0.2, 0.25) is 5.02 Å². The van der Waals surface area contributed by atoms with Gasteiger partial charge in [-0.25, -0.2) is 0 Å². The molecule has 16 heavy (non-hydrogen) atoms. The van der Waals surface area contributed by atoms with Crippen LogP contribution in [-0.2, 0) is 6.54 Å². The first-order valence-corrected chi connectivity index (χ1v) is 5.58. The number of benzene rings is 1. The third-order valence-corrected chi connectivity index (χ3v) is 2.95. The standard InChI is InChI=1S/C12H15ClN2O/c1-8-5-10-11(15(8)4-3-14)6-9(13)7-12(10)16-2/h5-7H,3-4,14H2,1-2H3. The van der Waals surface area contributed by atoms with E-state index in [1.165, 1.54) is 5.69 Å². The van der Waals surface area contributed by atoms with Gasteiger partial charge in [0.2, 0.25) is 0 Å². The van der Waals surface area contributed by atoms with Crippen molar-refractivity contribution < 1.29 is 4.74 Å². The summed E-state index contributed by atoms with van der Waals surface area (Å²) >= 11 is 6.06. The van der Waals surface area contributed by atoms with Gasteiger partial charge >= 0.3 is 0 Å². The number of ether oxygens (including phenoxy) is 1. The molecule has 0 spiro atoms. The van der Waals surface area contributed by atoms with Crippen molar-refractivity contribution in [3.63, 3.8) is 0 Å². The molecule has 86 valence electrons. The number of hydrogen-bond acceptors (Lipinski definition) is 2. The molecule has 1 aromatic carbocycles. The van der Waals surface area contributed by atoms with Gasteiger partial charge in [-0.05, 0) is 25.1 Å². The quantitative estimate of drug-likeness (QED) is 0.893. The van der Waals surface area contributed by atoms with Crippen LogP contribution in [0.4, 0.5) is 0 Å². The predicted molar refractivity (Wildman–Crippen MR) is 67.3 cm³/mol. The summed E-state index contributed by atoms with van der Waals surface area (Å²) in [6, 6.07) is 5.87. The number of hydrogen-bond donors (Lipinski definition) is 1. The van der Waals surface area contributed by atoms with Crippen molar-refractivity contribution in [2.75, 3.05) is 13.7 Å². The monoisotopic (exact) mass is 238 g/mol. The van der Waals surface area contributed by atoms with E-state index in [4.69, 9.17) is 22.1 Å². The van der Waals surface area contributed by atoms with Crippen LogP contribution in [0, 0.1) is 6.92 Å². The Morgan fingerprint density at radius 3 is 2.75 bits per heavy atom. The highest BCUT2D eigenvalue weighted by Crippen LogP contribution is 2.32. The molecule has 0 bridgehead atoms. The van der Waals surface area contributed by atoms with Gasteiger partial charge in [0.25, 0.3) is 0 Å². The summed E-state index contributed by atoms with van der Waals surface area (Å²) < 4.78 is 7.48. The summed E-state index contributed by atoms with van der Waals surface area (Å²) in [5, 5.41) is 1.76. The number of halogens is 1. The normalized spacial score (nSPS) is 11.0. The lowest BCUT2D eigenvalue weighted by molar-refractivity contribution is 0.420. The van der Waals surface area contributed by atoms with Crippen molar-refractivity contribution in [3.8, 4) is 5.75 Å². The molecule has 0 aliphatic rings. The van der Waals surface area contributed by atoms with Gasteiger partial charge < -0.3 is 15.0 Å². The maximum absolute atomic E-state index is 6.06. The molecule has 3 nitrogen and oxygen atoms in total. The molecule has 0 saturated carbocycles. The maximum Gasteiger partial charge on any atom is 0.129 e. The molecular weight excluding hydrogens is 224 g/mol. The lowest BCUT2D eigenvalue weighted by Crippen LogP contribution is -2.10. The van der Waals surface area contributed by atoms with E-state index in [0.717, 1.165) is 23.2 Å². The van der Waals surface area contributed by atoms with Gasteiger partial charge in [-0.15, -0.1) is 0 Å². The molecule has 0 fully saturated rings. The third-order valence-electron chi connectivity index (χ3n) is 2.73. The first-order valence-electron chi connectivity index (χ1n) is 5.21. The zero-order chi connectivity index (χ0) is 11.7. The number of fused-ring (bicyclic) bond motifs is 1. The molecule has 4 heteroatoms. The molecule has 2 rings (SSSR count). The van der Waals surface area contributed by atoms with Crippen LogP contribution in [0.3, 0.4) is 0 Å². The van der Waals surface area contributed by atoms with Gasteiger partial charge in [0.1, 0.15) is 5.75 Å². The number of methoxy groups -OCH3 is 1. The molecule has 2 N–H and O–H groups in total. The number of nitrogens with two attached hydrogens (primary N) is 1. The fraction of sp³-hybridized carbons (Fsp3) is 0.333. The van der Waals surface area contributed by atoms with Gasteiger partial charge in [0.15, 0.2) is 0 Å². The number of aryl methyl sites for hydroxylation is 1. The van der Waals surface area contributed by atoms with Crippen molar-refractivity contribution in [1.29, 1.82) is 0 Å². The summed E-state index contributed by atoms with van der Waals surface area (Å²) in [5.41, 5.74) is 7.85. The zero-order valence-corrected chi connectivity index (χ0v) is 10.2. The van der Waals surface area contributed by atoms with Crippen molar-refractivity contribution >= 4 is 22.5 Å². The van der Waals surface area contributed by atoms with Crippen LogP contribution >= 0.6 is 11.6 Å². The zero-order valence-electron chi connectivity index (χ0n) is 9.46. The molecule has 2 aromatic rings. The number of nitrogens with zero attached hydrogens (tertiary/aromatic N) is 1. The van der Waals surface area contributed by atoms with Crippen LogP contribution in [-0.4, -0.2) is 18.2 Å². The minimum atomic E-state index is 0.611. The highest BCUT2D eigenvalue weighted by molar-refractivity contribution is 6.31. The molecule has 0 saturated heterocycles. The van der Waals surface area contributed by atoms with Gasteiger partial charge in [-0.3, -0.25) is 0 Å². The van der Waals surface area contributed by atoms with E-state index >= 15 is 0 Å². The smallest absolute Gasteiger partial charge is 0.129 e. The Kier molecular flexibility index (Phi) is 3.08. The molecule has 0 aliphatic heterocycles. The van der Waals surface area contributed by atoms with E-state index in [9.17, 15) is 0 Å². The Bertz CT molecular complexity index is 519. The van der Waals surface area contributed by atoms with Crippen molar-refractivity contribution in [3.05, 3.63) is 28.9 Å². The first kappa shape index (κ1) is 11.3. The second kappa shape index (κ2) is 4.36. The van der Waals surface area contributed by atoms with E-state index < -0.39 is 0 Å². The molecule has 1 aromatic heterocycles. The maximum atomic E-state index is 6.06. The fourth-order valence-electron chi connectivity index (χ4n) is 2.02. The van der Waals surface area contributed by atoms with Crippen LogP contribution < -0.4 is 10.5 Å². The average molecular weight is 239 g/mol. The molecule has 0 radical (unpaired) electrons. The predicted octanol–water partition coefficient (Wildman–Crippen LogP) is 2.57. The summed E-state index contributed by atoms with van der Waals surface area (Å²) in [4.78, 5) is 0. The lowest BCUT2D eigenvalue weighted by Gasteiger charge is -2.07. The van der Waals surface area contributed by atoms with Gasteiger partial charge in [-0.1, -0.05) is 11.6 Å². The van der Waals surface area contributed by atoms with E-state index in [2.05, 4.69) is 17.6 Å². The minimum Gasteiger partial charge on any atom is -0.496 e. The molecular formula is C12H15ClN2O. The van der Waals surface area contributed by atoms with Crippen LogP contribution in [0.5, 0.6) is 5.75 Å². The Hall–Kier alpha value is -1.19. The Balaban J connectivity index is 2.73. The Labute approximate surface area is 99.7 Å². The molecule has 0 atom stereocenters. The molecule has 0 unspecified atom stereocenters. The van der Waals surface area contributed by atoms with E-state index in [1.54, 1.807) is 7.11 Å². The summed E-state index contributed by atoms with van der Waals surface area (Å²) in [6.07, 6.45) is 0. The topological polar surface area (TPSA) is 40.2 Å². The van der Waals surface area contributed by atoms with Crippen LogP contribution in [0.15, 0.2) is 18.2 Å². The first-order chi connectivity index (χ1) is 7.67. The second-order valence-electron chi connectivity index (χ2n) is 3.77. The Morgan fingerprint density at radius 1 is 1.38 bits per heavy atom. The highest BCUT2D eigenvalue weighted by atomic mass is 35.5. The van der Waals surface area contributed by atoms with Gasteiger partial charge in [0, 0.05) is 29.2 Å². The largest absolute Gasteiger partial charge is 0.496 e. The number of aromatic nitrogens is 1. The van der Waals surface area contributed by atoms with E-state index in [1.807, 2.05) is 12.1 Å². The van der Waals surface area contributed by atoms with E-state index in [0.29, 0.717) is 11.6 Å². The fourth-order valence-corrected chi connectivity index (χ4v) is 2.22. The lowest BCUT2D eigenvalue weighted by atomic mass is 10.2. The van der Waals surface area contributed by atoms with Gasteiger partial charge in [0.05, 0.1) is 12.6 Å². The minimum absolute atomic E-state index is 0.611. The third kappa shape index (κ3) is 1.77. The summed E-state index contributed by atoms with van der Waals surface area (Å²) in [5.74, 6) is 0.807. The highest BCUT2D eigenvalue weighted by Gasteiger charge is 2.10.